The van der Waals surface area contributed by atoms with E-state index in [0.29, 0.717) is 17.8 Å². The Bertz CT molecular complexity index is 285. The molecule has 1 amide bonds. The highest BCUT2D eigenvalue weighted by atomic mass is 16.1. The van der Waals surface area contributed by atoms with E-state index in [-0.39, 0.29) is 5.91 Å². The van der Waals surface area contributed by atoms with Crippen LogP contribution in [-0.2, 0) is 0 Å². The van der Waals surface area contributed by atoms with Crippen LogP contribution in [0, 0.1) is 6.20 Å². The number of nitrogens with zero attached hydrogens (tertiary/aromatic N) is 1. The normalized spacial score (nSPS) is 9.42. The monoisotopic (exact) mass is 164 g/mol. The quantitative estimate of drug-likeness (QED) is 0.656. The van der Waals surface area contributed by atoms with Gasteiger partial charge in [0.25, 0.3) is 5.91 Å². The molecular formula is C8H10N3O. The molecule has 1 aromatic rings. The van der Waals surface area contributed by atoms with Gasteiger partial charge in [-0.05, 0) is 13.0 Å². The number of aromatic nitrogens is 1. The van der Waals surface area contributed by atoms with Gasteiger partial charge in [-0.25, -0.2) is 0 Å². The van der Waals surface area contributed by atoms with Crippen molar-refractivity contribution in [3.8, 4) is 0 Å². The van der Waals surface area contributed by atoms with Crippen molar-refractivity contribution in [2.24, 2.45) is 0 Å². The zero-order valence-electron chi connectivity index (χ0n) is 6.79. The molecule has 12 heavy (non-hydrogen) atoms. The fourth-order valence-corrected chi connectivity index (χ4v) is 0.798. The van der Waals surface area contributed by atoms with Crippen LogP contribution in [-0.4, -0.2) is 17.4 Å². The summed E-state index contributed by atoms with van der Waals surface area (Å²) in [5.41, 5.74) is 6.22. The Morgan fingerprint density at radius 3 is 3.17 bits per heavy atom. The van der Waals surface area contributed by atoms with Crippen molar-refractivity contribution in [2.45, 2.75) is 6.92 Å². The lowest BCUT2D eigenvalue weighted by atomic mass is 10.2. The standard InChI is InChI=1S/C8H10N3O/c1-2-11-8(12)6-5-10-4-3-7(6)9/h3-4H,2H2,1H3,(H2,9,10)(H,11,12). The Balaban J connectivity index is 2.87. The average Bonchev–Trinajstić information content (AvgIpc) is 2.05. The molecule has 0 fully saturated rings. The number of nitrogens with two attached hydrogens (primary N) is 1. The minimum Gasteiger partial charge on any atom is -0.398 e. The molecule has 1 heterocycles. The molecule has 0 saturated carbocycles. The number of amides is 1. The lowest BCUT2D eigenvalue weighted by Gasteiger charge is -2.02. The molecule has 63 valence electrons. The van der Waals surface area contributed by atoms with Crippen LogP contribution in [0.2, 0.25) is 0 Å². The molecule has 0 saturated heterocycles. The highest BCUT2D eigenvalue weighted by molar-refractivity contribution is 5.98. The van der Waals surface area contributed by atoms with E-state index in [4.69, 9.17) is 5.73 Å². The molecule has 0 aliphatic rings. The summed E-state index contributed by atoms with van der Waals surface area (Å²) < 4.78 is 0. The maximum absolute atomic E-state index is 11.2. The summed E-state index contributed by atoms with van der Waals surface area (Å²) in [5.74, 6) is -0.233. The number of hydrogen-bond acceptors (Lipinski definition) is 3. The molecule has 4 heteroatoms. The zero-order chi connectivity index (χ0) is 8.97. The topological polar surface area (TPSA) is 68.0 Å². The Hall–Kier alpha value is -1.58. The molecule has 0 unspecified atom stereocenters. The predicted molar refractivity (Wildman–Crippen MR) is 45.5 cm³/mol. The van der Waals surface area contributed by atoms with Crippen molar-refractivity contribution in [1.82, 2.24) is 10.3 Å². The number of rotatable bonds is 2. The lowest BCUT2D eigenvalue weighted by molar-refractivity contribution is 0.0956. The van der Waals surface area contributed by atoms with Crippen molar-refractivity contribution in [1.29, 1.82) is 0 Å². The molecule has 0 aliphatic carbocycles. The maximum Gasteiger partial charge on any atom is 0.255 e. The molecule has 1 aromatic heterocycles. The number of hydrogen-bond donors (Lipinski definition) is 2. The van der Waals surface area contributed by atoms with E-state index < -0.39 is 0 Å². The summed E-state index contributed by atoms with van der Waals surface area (Å²) in [5, 5.41) is 2.61. The summed E-state index contributed by atoms with van der Waals surface area (Å²) in [4.78, 5) is 14.9. The molecular weight excluding hydrogens is 154 g/mol. The first-order valence-electron chi connectivity index (χ1n) is 3.66. The fourth-order valence-electron chi connectivity index (χ4n) is 0.798. The van der Waals surface area contributed by atoms with Gasteiger partial charge < -0.3 is 11.1 Å². The molecule has 0 bridgehead atoms. The molecule has 3 N–H and O–H groups in total. The molecule has 0 aromatic carbocycles. The first-order valence-corrected chi connectivity index (χ1v) is 3.66. The molecule has 0 spiro atoms. The summed E-state index contributed by atoms with van der Waals surface area (Å²) in [6, 6.07) is 1.57. The van der Waals surface area contributed by atoms with E-state index in [0.717, 1.165) is 0 Å². The van der Waals surface area contributed by atoms with E-state index in [1.54, 1.807) is 6.07 Å². The van der Waals surface area contributed by atoms with E-state index in [2.05, 4.69) is 16.5 Å². The summed E-state index contributed by atoms with van der Waals surface area (Å²) in [6.45, 7) is 2.41. The molecule has 4 nitrogen and oxygen atoms in total. The van der Waals surface area contributed by atoms with Crippen molar-refractivity contribution in [2.75, 3.05) is 12.3 Å². The third-order valence-corrected chi connectivity index (χ3v) is 1.36. The zero-order valence-corrected chi connectivity index (χ0v) is 6.79. The van der Waals surface area contributed by atoms with Gasteiger partial charge in [0.05, 0.1) is 5.56 Å². The maximum atomic E-state index is 11.2. The van der Waals surface area contributed by atoms with Crippen molar-refractivity contribution >= 4 is 11.6 Å². The minimum absolute atomic E-state index is 0.233. The number of carbonyl (C=O) groups excluding carboxylic acids is 1. The van der Waals surface area contributed by atoms with Gasteiger partial charge in [-0.15, -0.1) is 0 Å². The van der Waals surface area contributed by atoms with Crippen molar-refractivity contribution in [3.05, 3.63) is 24.0 Å². The van der Waals surface area contributed by atoms with Crippen LogP contribution in [0.5, 0.6) is 0 Å². The highest BCUT2D eigenvalue weighted by Crippen LogP contribution is 2.06. The van der Waals surface area contributed by atoms with Crippen molar-refractivity contribution < 1.29 is 4.79 Å². The van der Waals surface area contributed by atoms with Gasteiger partial charge in [0, 0.05) is 18.4 Å². The second kappa shape index (κ2) is 3.71. The summed E-state index contributed by atoms with van der Waals surface area (Å²) in [6.07, 6.45) is 4.03. The van der Waals surface area contributed by atoms with Gasteiger partial charge in [0.1, 0.15) is 6.20 Å². The number of nitrogens with one attached hydrogen (secondary N) is 1. The Labute approximate surface area is 70.8 Å². The SMILES string of the molecule is CCNC(=O)c1[c]nccc1N. The Morgan fingerprint density at radius 1 is 1.83 bits per heavy atom. The smallest absolute Gasteiger partial charge is 0.255 e. The van der Waals surface area contributed by atoms with E-state index in [1.165, 1.54) is 6.20 Å². The first kappa shape index (κ1) is 8.52. The van der Waals surface area contributed by atoms with E-state index >= 15 is 0 Å². The van der Waals surface area contributed by atoms with Gasteiger partial charge in [-0.3, -0.25) is 9.78 Å². The fraction of sp³-hybridized carbons (Fsp3) is 0.250. The van der Waals surface area contributed by atoms with Crippen molar-refractivity contribution in [3.63, 3.8) is 0 Å². The first-order chi connectivity index (χ1) is 5.75. The van der Waals surface area contributed by atoms with E-state index in [1.807, 2.05) is 6.92 Å². The molecule has 1 radical (unpaired) electrons. The van der Waals surface area contributed by atoms with Crippen LogP contribution < -0.4 is 11.1 Å². The second-order valence-electron chi connectivity index (χ2n) is 2.25. The van der Waals surface area contributed by atoms with Crippen LogP contribution in [0.3, 0.4) is 0 Å². The number of anilines is 1. The largest absolute Gasteiger partial charge is 0.398 e. The lowest BCUT2D eigenvalue weighted by Crippen LogP contribution is -2.23. The molecule has 0 atom stereocenters. The van der Waals surface area contributed by atoms with Gasteiger partial charge in [0.2, 0.25) is 0 Å². The average molecular weight is 164 g/mol. The molecule has 0 aliphatic heterocycles. The van der Waals surface area contributed by atoms with Crippen LogP contribution in [0.1, 0.15) is 17.3 Å². The molecule has 1 rings (SSSR count). The second-order valence-corrected chi connectivity index (χ2v) is 2.25. The Morgan fingerprint density at radius 2 is 2.58 bits per heavy atom. The third-order valence-electron chi connectivity index (χ3n) is 1.36. The van der Waals surface area contributed by atoms with Crippen LogP contribution in [0.15, 0.2) is 12.3 Å². The minimum atomic E-state index is -0.233. The van der Waals surface area contributed by atoms with Gasteiger partial charge >= 0.3 is 0 Å². The number of carbonyl (C=O) groups is 1. The highest BCUT2D eigenvalue weighted by Gasteiger charge is 2.07. The number of pyridine rings is 1. The summed E-state index contributed by atoms with van der Waals surface area (Å²) >= 11 is 0. The third kappa shape index (κ3) is 1.72. The van der Waals surface area contributed by atoms with Crippen LogP contribution >= 0.6 is 0 Å². The summed E-state index contributed by atoms with van der Waals surface area (Å²) in [7, 11) is 0. The Kier molecular flexibility index (Phi) is 2.63. The van der Waals surface area contributed by atoms with Crippen LogP contribution in [0.25, 0.3) is 0 Å². The van der Waals surface area contributed by atoms with Gasteiger partial charge in [-0.1, -0.05) is 0 Å². The van der Waals surface area contributed by atoms with Gasteiger partial charge in [0.15, 0.2) is 0 Å². The predicted octanol–water partition coefficient (Wildman–Crippen LogP) is 0.214. The van der Waals surface area contributed by atoms with Gasteiger partial charge in [-0.2, -0.15) is 0 Å². The van der Waals surface area contributed by atoms with E-state index in [9.17, 15) is 4.79 Å². The van der Waals surface area contributed by atoms with Crippen LogP contribution in [0.4, 0.5) is 5.69 Å². The number of nitrogen functional groups attached to an aromatic ring is 1.